The number of rotatable bonds is 5. The molecule has 5 atom stereocenters. The Morgan fingerprint density at radius 1 is 1.25 bits per heavy atom. The van der Waals surface area contributed by atoms with Crippen LogP contribution in [0.1, 0.15) is 39.0 Å². The van der Waals surface area contributed by atoms with Gasteiger partial charge in [0.05, 0.1) is 24.3 Å². The molecule has 116 valence electrons. The summed E-state index contributed by atoms with van der Waals surface area (Å²) in [5.74, 6) is -0.0760. The minimum absolute atomic E-state index is 0.0760. The Kier molecular flexibility index (Phi) is 5.37. The summed E-state index contributed by atoms with van der Waals surface area (Å²) in [5.41, 5.74) is 0. The lowest BCUT2D eigenvalue weighted by molar-refractivity contribution is -0.129. The summed E-state index contributed by atoms with van der Waals surface area (Å²) in [6.45, 7) is 3.26. The van der Waals surface area contributed by atoms with Crippen molar-refractivity contribution in [3.8, 4) is 0 Å². The second-order valence-electron chi connectivity index (χ2n) is 5.95. The first-order valence-corrected chi connectivity index (χ1v) is 7.62. The molecule has 6 heteroatoms. The molecule has 4 N–H and O–H groups in total. The number of aliphatic hydroxyl groups is 3. The number of unbranched alkanes of at least 4 members (excludes halogenated alkanes) is 2. The lowest BCUT2D eigenvalue weighted by atomic mass is 9.91. The van der Waals surface area contributed by atoms with Crippen molar-refractivity contribution in [3.05, 3.63) is 0 Å². The van der Waals surface area contributed by atoms with E-state index in [-0.39, 0.29) is 5.91 Å². The first-order valence-electron chi connectivity index (χ1n) is 7.62. The first kappa shape index (κ1) is 15.7. The fraction of sp³-hybridized carbons (Fsp3) is 0.929. The summed E-state index contributed by atoms with van der Waals surface area (Å²) in [7, 11) is 0. The van der Waals surface area contributed by atoms with E-state index in [0.29, 0.717) is 25.9 Å². The molecule has 0 aliphatic carbocycles. The van der Waals surface area contributed by atoms with Crippen molar-refractivity contribution in [2.45, 2.75) is 69.4 Å². The molecule has 2 heterocycles. The number of amides is 1. The van der Waals surface area contributed by atoms with E-state index < -0.39 is 30.4 Å². The number of hydrogen-bond acceptors (Lipinski definition) is 5. The van der Waals surface area contributed by atoms with Gasteiger partial charge in [0.25, 0.3) is 0 Å². The Hall–Kier alpha value is -0.690. The van der Waals surface area contributed by atoms with Crippen LogP contribution in [-0.2, 0) is 4.79 Å². The molecule has 20 heavy (non-hydrogen) atoms. The first-order chi connectivity index (χ1) is 9.54. The van der Waals surface area contributed by atoms with Crippen LogP contribution in [0.5, 0.6) is 0 Å². The number of hydrogen-bond donors (Lipinski definition) is 4. The molecule has 2 rings (SSSR count). The molecule has 0 saturated carbocycles. The van der Waals surface area contributed by atoms with Gasteiger partial charge >= 0.3 is 0 Å². The Morgan fingerprint density at radius 3 is 2.70 bits per heavy atom. The number of fused-ring (bicyclic) bond motifs is 1. The summed E-state index contributed by atoms with van der Waals surface area (Å²) in [6, 6.07) is -0.862. The lowest BCUT2D eigenvalue weighted by Gasteiger charge is -2.43. The third-order valence-electron chi connectivity index (χ3n) is 4.42. The van der Waals surface area contributed by atoms with E-state index in [9.17, 15) is 20.1 Å². The highest BCUT2D eigenvalue weighted by atomic mass is 16.3. The van der Waals surface area contributed by atoms with Gasteiger partial charge < -0.3 is 20.6 Å². The Morgan fingerprint density at radius 2 is 2.00 bits per heavy atom. The zero-order chi connectivity index (χ0) is 14.7. The van der Waals surface area contributed by atoms with Crippen molar-refractivity contribution < 1.29 is 20.1 Å². The quantitative estimate of drug-likeness (QED) is 0.498. The number of piperidine rings is 1. The van der Waals surface area contributed by atoms with Gasteiger partial charge in [0.1, 0.15) is 6.10 Å². The van der Waals surface area contributed by atoms with Crippen LogP contribution in [0.2, 0.25) is 0 Å². The number of carbonyl (C=O) groups excluding carboxylic acids is 1. The molecule has 2 fully saturated rings. The Balaban J connectivity index is 1.88. The number of nitrogens with zero attached hydrogens (tertiary/aromatic N) is 1. The van der Waals surface area contributed by atoms with Gasteiger partial charge in [-0.3, -0.25) is 9.69 Å². The summed E-state index contributed by atoms with van der Waals surface area (Å²) >= 11 is 0. The van der Waals surface area contributed by atoms with E-state index in [1.54, 1.807) is 0 Å². The van der Waals surface area contributed by atoms with E-state index in [0.717, 1.165) is 19.3 Å². The molecular formula is C14H26N2O4. The van der Waals surface area contributed by atoms with Crippen LogP contribution in [0, 0.1) is 0 Å². The highest BCUT2D eigenvalue weighted by molar-refractivity contribution is 5.76. The Labute approximate surface area is 119 Å². The molecule has 0 radical (unpaired) electrons. The smallest absolute Gasteiger partial charge is 0.220 e. The molecule has 0 bridgehead atoms. The van der Waals surface area contributed by atoms with Crippen molar-refractivity contribution in [2.24, 2.45) is 0 Å². The third kappa shape index (κ3) is 3.31. The number of aliphatic hydroxyl groups excluding tert-OH is 3. The molecule has 1 amide bonds. The highest BCUT2D eigenvalue weighted by Gasteiger charge is 2.48. The minimum atomic E-state index is -1.01. The van der Waals surface area contributed by atoms with Crippen molar-refractivity contribution in [2.75, 3.05) is 13.1 Å². The molecular weight excluding hydrogens is 260 g/mol. The van der Waals surface area contributed by atoms with Gasteiger partial charge in [0, 0.05) is 19.5 Å². The topological polar surface area (TPSA) is 93.0 Å². The van der Waals surface area contributed by atoms with E-state index in [1.807, 2.05) is 4.90 Å². The van der Waals surface area contributed by atoms with Gasteiger partial charge in [0.15, 0.2) is 0 Å². The molecule has 0 aromatic rings. The van der Waals surface area contributed by atoms with Crippen LogP contribution in [0.4, 0.5) is 0 Å². The van der Waals surface area contributed by atoms with Gasteiger partial charge in [-0.1, -0.05) is 19.8 Å². The molecule has 0 aromatic heterocycles. The van der Waals surface area contributed by atoms with Crippen molar-refractivity contribution in [1.82, 2.24) is 10.2 Å². The van der Waals surface area contributed by atoms with E-state index >= 15 is 0 Å². The van der Waals surface area contributed by atoms with Crippen LogP contribution in [0.25, 0.3) is 0 Å². The average Bonchev–Trinajstić information content (AvgIpc) is 2.77. The van der Waals surface area contributed by atoms with Crippen LogP contribution in [-0.4, -0.2) is 69.6 Å². The van der Waals surface area contributed by atoms with E-state index in [1.165, 1.54) is 0 Å². The van der Waals surface area contributed by atoms with E-state index in [4.69, 9.17) is 0 Å². The molecule has 2 aliphatic heterocycles. The summed E-state index contributed by atoms with van der Waals surface area (Å²) in [4.78, 5) is 13.8. The lowest BCUT2D eigenvalue weighted by Crippen LogP contribution is -2.65. The van der Waals surface area contributed by atoms with Gasteiger partial charge in [-0.2, -0.15) is 0 Å². The third-order valence-corrected chi connectivity index (χ3v) is 4.42. The average molecular weight is 286 g/mol. The van der Waals surface area contributed by atoms with Crippen molar-refractivity contribution in [3.63, 3.8) is 0 Å². The summed E-state index contributed by atoms with van der Waals surface area (Å²) < 4.78 is 0. The predicted molar refractivity (Wildman–Crippen MR) is 74.1 cm³/mol. The van der Waals surface area contributed by atoms with Gasteiger partial charge in [-0.05, 0) is 12.8 Å². The SMILES string of the molecule is CCCCCC(=O)N[C@H]1CN2CC[C@H](O)C2[C@@H](O)[C@@H]1O. The van der Waals surface area contributed by atoms with Crippen molar-refractivity contribution in [1.29, 1.82) is 0 Å². The Bertz CT molecular complexity index is 339. The van der Waals surface area contributed by atoms with Crippen LogP contribution < -0.4 is 5.32 Å². The standard InChI is InChI=1S/C14H26N2O4/c1-2-3-4-5-11(18)15-9-8-16-7-6-10(17)12(16)14(20)13(9)19/h9-10,12-14,17,19-20H,2-8H2,1H3,(H,15,18)/t9-,10-,12?,13+,14+/m0/s1. The van der Waals surface area contributed by atoms with Crippen LogP contribution >= 0.6 is 0 Å². The maximum atomic E-state index is 11.8. The van der Waals surface area contributed by atoms with Gasteiger partial charge in [-0.25, -0.2) is 0 Å². The molecule has 2 saturated heterocycles. The monoisotopic (exact) mass is 286 g/mol. The second-order valence-corrected chi connectivity index (χ2v) is 5.95. The zero-order valence-corrected chi connectivity index (χ0v) is 12.0. The fourth-order valence-corrected chi connectivity index (χ4v) is 3.26. The number of nitrogens with one attached hydrogen (secondary N) is 1. The molecule has 6 nitrogen and oxygen atoms in total. The molecule has 2 aliphatic rings. The normalized spacial score (nSPS) is 37.7. The number of carbonyl (C=O) groups is 1. The van der Waals surface area contributed by atoms with Crippen LogP contribution in [0.3, 0.4) is 0 Å². The maximum Gasteiger partial charge on any atom is 0.220 e. The molecule has 0 spiro atoms. The van der Waals surface area contributed by atoms with E-state index in [2.05, 4.69) is 12.2 Å². The fourth-order valence-electron chi connectivity index (χ4n) is 3.26. The van der Waals surface area contributed by atoms with Crippen molar-refractivity contribution >= 4 is 5.91 Å². The maximum absolute atomic E-state index is 11.8. The largest absolute Gasteiger partial charge is 0.391 e. The predicted octanol–water partition coefficient (Wildman–Crippen LogP) is -0.778. The molecule has 0 aromatic carbocycles. The summed E-state index contributed by atoms with van der Waals surface area (Å²) in [6.07, 6.45) is 1.36. The molecule has 1 unspecified atom stereocenters. The summed E-state index contributed by atoms with van der Waals surface area (Å²) in [5, 5.41) is 32.9. The second kappa shape index (κ2) is 6.85. The zero-order valence-electron chi connectivity index (χ0n) is 12.0. The minimum Gasteiger partial charge on any atom is -0.391 e. The van der Waals surface area contributed by atoms with Crippen LogP contribution in [0.15, 0.2) is 0 Å². The highest BCUT2D eigenvalue weighted by Crippen LogP contribution is 2.28. The van der Waals surface area contributed by atoms with Gasteiger partial charge in [0.2, 0.25) is 5.91 Å². The van der Waals surface area contributed by atoms with Gasteiger partial charge in [-0.15, -0.1) is 0 Å².